The number of carbonyl (C=O) groups excluding carboxylic acids is 3. The Bertz CT molecular complexity index is 1000. The third-order valence-electron chi connectivity index (χ3n) is 5.21. The summed E-state index contributed by atoms with van der Waals surface area (Å²) in [5.74, 6) is -1.23. The minimum atomic E-state index is -4.66. The Morgan fingerprint density at radius 3 is 2.42 bits per heavy atom. The first-order chi connectivity index (χ1) is 16.6. The lowest BCUT2D eigenvalue weighted by molar-refractivity contribution is -0.138. The summed E-state index contributed by atoms with van der Waals surface area (Å²) < 4.78 is 43.5. The van der Waals surface area contributed by atoms with Crippen LogP contribution in [0.3, 0.4) is 0 Å². The monoisotopic (exact) mass is 531 g/mol. The molecule has 36 heavy (non-hydrogen) atoms. The number of nitrogens with zero attached hydrogens (tertiary/aromatic N) is 3. The van der Waals surface area contributed by atoms with Crippen molar-refractivity contribution >= 4 is 34.4 Å². The summed E-state index contributed by atoms with van der Waals surface area (Å²) in [5.41, 5.74) is -0.115. The molecule has 1 saturated heterocycles. The van der Waals surface area contributed by atoms with Crippen LogP contribution in [0.5, 0.6) is 0 Å². The van der Waals surface area contributed by atoms with Crippen LogP contribution in [0.1, 0.15) is 58.9 Å². The van der Waals surface area contributed by atoms with Gasteiger partial charge in [0.25, 0.3) is 0 Å². The maximum atomic E-state index is 13.2. The summed E-state index contributed by atoms with van der Waals surface area (Å²) in [5, 5.41) is 9.90. The molecule has 1 aromatic heterocycles. The van der Waals surface area contributed by atoms with Crippen LogP contribution in [0.15, 0.2) is 24.3 Å². The predicted molar refractivity (Wildman–Crippen MR) is 129 cm³/mol. The van der Waals surface area contributed by atoms with Gasteiger partial charge in [-0.15, -0.1) is 10.2 Å². The van der Waals surface area contributed by atoms with E-state index < -0.39 is 46.8 Å². The van der Waals surface area contributed by atoms with Crippen LogP contribution in [-0.2, 0) is 20.5 Å². The molecule has 2 atom stereocenters. The lowest BCUT2D eigenvalue weighted by Crippen LogP contribution is -2.54. The Labute approximate surface area is 212 Å². The Morgan fingerprint density at radius 1 is 1.19 bits per heavy atom. The lowest BCUT2D eigenvalue weighted by Gasteiger charge is -2.36. The average Bonchev–Trinajstić information content (AvgIpc) is 3.23. The van der Waals surface area contributed by atoms with Crippen LogP contribution in [0.4, 0.5) is 23.1 Å². The fraction of sp³-hybridized carbons (Fsp3) is 0.609. The van der Waals surface area contributed by atoms with Crippen molar-refractivity contribution in [1.82, 2.24) is 20.4 Å². The molecule has 9 nitrogen and oxygen atoms in total. The van der Waals surface area contributed by atoms with E-state index in [1.807, 2.05) is 13.8 Å². The summed E-state index contributed by atoms with van der Waals surface area (Å²) in [6, 6.07) is -1.51. The summed E-state index contributed by atoms with van der Waals surface area (Å²) in [7, 11) is 0. The van der Waals surface area contributed by atoms with Crippen molar-refractivity contribution < 1.29 is 32.3 Å². The second-order valence-electron chi connectivity index (χ2n) is 9.66. The average molecular weight is 532 g/mol. The number of alkyl halides is 3. The molecule has 0 radical (unpaired) electrons. The van der Waals surface area contributed by atoms with Crippen molar-refractivity contribution in [2.24, 2.45) is 5.92 Å². The topological polar surface area (TPSA) is 114 Å². The first kappa shape index (κ1) is 29.3. The Hall–Kier alpha value is -2.96. The Morgan fingerprint density at radius 2 is 1.86 bits per heavy atom. The maximum absolute atomic E-state index is 13.2. The van der Waals surface area contributed by atoms with Crippen molar-refractivity contribution in [3.8, 4) is 0 Å². The number of amides is 3. The summed E-state index contributed by atoms with van der Waals surface area (Å²) >= 11 is 0.200. The van der Waals surface area contributed by atoms with Crippen LogP contribution in [0, 0.1) is 5.92 Å². The number of carbonyl (C=O) groups is 3. The number of aromatic nitrogens is 2. The summed E-state index contributed by atoms with van der Waals surface area (Å²) in [6.45, 7) is 13.3. The number of piperidine rings is 1. The molecule has 0 spiro atoms. The maximum Gasteiger partial charge on any atom is 0.445 e. The van der Waals surface area contributed by atoms with Gasteiger partial charge in [-0.3, -0.25) is 19.8 Å². The van der Waals surface area contributed by atoms with E-state index in [4.69, 9.17) is 4.74 Å². The van der Waals surface area contributed by atoms with Crippen molar-refractivity contribution in [3.63, 3.8) is 0 Å². The number of hydrogen-bond donors (Lipinski definition) is 2. The molecule has 2 N–H and O–H groups in total. The van der Waals surface area contributed by atoms with E-state index in [0.717, 1.165) is 18.9 Å². The van der Waals surface area contributed by atoms with Gasteiger partial charge in [0.1, 0.15) is 11.6 Å². The fourth-order valence-corrected chi connectivity index (χ4v) is 3.95. The van der Waals surface area contributed by atoms with E-state index >= 15 is 0 Å². The van der Waals surface area contributed by atoms with Crippen LogP contribution < -0.4 is 10.6 Å². The Kier molecular flexibility index (Phi) is 9.64. The molecule has 200 valence electrons. The summed E-state index contributed by atoms with van der Waals surface area (Å²) in [4.78, 5) is 39.5. The first-order valence-corrected chi connectivity index (χ1v) is 12.3. The number of ether oxygens (including phenoxy) is 1. The van der Waals surface area contributed by atoms with Gasteiger partial charge in [-0.25, -0.2) is 4.79 Å². The highest BCUT2D eigenvalue weighted by Gasteiger charge is 2.37. The lowest BCUT2D eigenvalue weighted by atomic mass is 9.95. The number of hydrogen-bond acceptors (Lipinski definition) is 7. The van der Waals surface area contributed by atoms with Gasteiger partial charge in [-0.1, -0.05) is 37.8 Å². The van der Waals surface area contributed by atoms with Gasteiger partial charge >= 0.3 is 12.3 Å². The molecule has 1 aromatic rings. The molecular formula is C23H32F3N5O4S. The number of anilines is 1. The number of likely N-dealkylation sites (tertiary alicyclic amines) is 1. The van der Waals surface area contributed by atoms with Crippen molar-refractivity contribution in [1.29, 1.82) is 0 Å². The molecule has 1 fully saturated rings. The molecular weight excluding hydrogens is 499 g/mol. The molecule has 3 amide bonds. The minimum absolute atomic E-state index is 0.0613. The van der Waals surface area contributed by atoms with Gasteiger partial charge in [0.05, 0.1) is 6.04 Å². The van der Waals surface area contributed by atoms with Crippen LogP contribution >= 0.6 is 11.3 Å². The third kappa shape index (κ3) is 8.61. The van der Waals surface area contributed by atoms with Crippen LogP contribution in [-0.4, -0.2) is 57.2 Å². The molecule has 13 heteroatoms. The smallest absolute Gasteiger partial charge is 0.444 e. The van der Waals surface area contributed by atoms with Gasteiger partial charge in [0.15, 0.2) is 0 Å². The van der Waals surface area contributed by atoms with E-state index in [1.165, 1.54) is 11.0 Å². The highest BCUT2D eigenvalue weighted by molar-refractivity contribution is 7.15. The second kappa shape index (κ2) is 11.8. The van der Waals surface area contributed by atoms with E-state index in [9.17, 15) is 27.6 Å². The van der Waals surface area contributed by atoms with Gasteiger partial charge in [0.2, 0.25) is 22.0 Å². The largest absolute Gasteiger partial charge is 0.445 e. The molecule has 0 aliphatic carbocycles. The summed E-state index contributed by atoms with van der Waals surface area (Å²) in [6.07, 6.45) is -0.810. The highest BCUT2D eigenvalue weighted by atomic mass is 32.1. The zero-order chi connectivity index (χ0) is 27.3. The molecule has 1 aliphatic rings. The molecule has 0 saturated carbocycles. The van der Waals surface area contributed by atoms with E-state index in [-0.39, 0.29) is 22.4 Å². The SMILES string of the molecule is C=C(C(C)C)[C@@H](/C=C/C(=O)Nc1nnc(C(F)(F)F)s1)NC(=O)[C@@H]1CCCCN1C(=O)OC(C)(C)C. The van der Waals surface area contributed by atoms with Crippen molar-refractivity contribution in [3.05, 3.63) is 29.3 Å². The van der Waals surface area contributed by atoms with Gasteiger partial charge in [-0.05, 0) is 51.5 Å². The number of nitrogens with one attached hydrogen (secondary N) is 2. The molecule has 2 heterocycles. The third-order valence-corrected chi connectivity index (χ3v) is 6.09. The molecule has 0 unspecified atom stereocenters. The van der Waals surface area contributed by atoms with E-state index in [2.05, 4.69) is 27.4 Å². The van der Waals surface area contributed by atoms with Gasteiger partial charge < -0.3 is 10.1 Å². The predicted octanol–water partition coefficient (Wildman–Crippen LogP) is 4.54. The molecule has 0 aromatic carbocycles. The second-order valence-corrected chi connectivity index (χ2v) is 10.6. The van der Waals surface area contributed by atoms with E-state index in [1.54, 1.807) is 20.8 Å². The van der Waals surface area contributed by atoms with Crippen molar-refractivity contribution in [2.75, 3.05) is 11.9 Å². The fourth-order valence-electron chi connectivity index (χ4n) is 3.34. The Balaban J connectivity index is 2.13. The van der Waals surface area contributed by atoms with Crippen LogP contribution in [0.2, 0.25) is 0 Å². The van der Waals surface area contributed by atoms with Gasteiger partial charge in [0, 0.05) is 12.6 Å². The van der Waals surface area contributed by atoms with Gasteiger partial charge in [-0.2, -0.15) is 13.2 Å². The first-order valence-electron chi connectivity index (χ1n) is 11.5. The zero-order valence-electron chi connectivity index (χ0n) is 20.9. The minimum Gasteiger partial charge on any atom is -0.444 e. The number of halogens is 3. The highest BCUT2D eigenvalue weighted by Crippen LogP contribution is 2.33. The van der Waals surface area contributed by atoms with Crippen molar-refractivity contribution in [2.45, 2.75) is 77.7 Å². The standard InChI is InChI=1S/C23H32F3N5O4S/c1-13(2)14(3)15(10-11-17(32)28-20-30-29-19(36-20)23(24,25)26)27-18(33)16-9-7-8-12-31(16)21(34)35-22(4,5)6/h10-11,13,15-16H,3,7-9,12H2,1-2,4-6H3,(H,27,33)(H,28,30,32)/b11-10+/t15-,16+/m1/s1. The van der Waals surface area contributed by atoms with E-state index in [0.29, 0.717) is 18.5 Å². The normalized spacial score (nSPS) is 17.7. The van der Waals surface area contributed by atoms with Crippen LogP contribution in [0.25, 0.3) is 0 Å². The molecule has 2 rings (SSSR count). The molecule has 0 bridgehead atoms. The quantitative estimate of drug-likeness (QED) is 0.395. The number of rotatable bonds is 7. The zero-order valence-corrected chi connectivity index (χ0v) is 21.8. The molecule has 1 aliphatic heterocycles.